The van der Waals surface area contributed by atoms with E-state index in [1.54, 1.807) is 0 Å². The van der Waals surface area contributed by atoms with E-state index in [0.29, 0.717) is 6.04 Å². The summed E-state index contributed by atoms with van der Waals surface area (Å²) in [6, 6.07) is 4.92. The van der Waals surface area contributed by atoms with Gasteiger partial charge in [0.15, 0.2) is 0 Å². The van der Waals surface area contributed by atoms with Crippen molar-refractivity contribution in [3.63, 3.8) is 0 Å². The van der Waals surface area contributed by atoms with Crippen LogP contribution < -0.4 is 5.32 Å². The zero-order valence-electron chi connectivity index (χ0n) is 7.59. The van der Waals surface area contributed by atoms with Crippen LogP contribution in [-0.4, -0.2) is 11.1 Å². The molecule has 12 heavy (non-hydrogen) atoms. The fourth-order valence-corrected chi connectivity index (χ4v) is 1.94. The topological polar surface area (TPSA) is 17.0 Å². The number of hydrogen-bond acceptors (Lipinski definition) is 1. The third kappa shape index (κ3) is 1.39. The summed E-state index contributed by atoms with van der Waals surface area (Å²) in [5, 5.41) is 3.54. The third-order valence-corrected chi connectivity index (χ3v) is 2.65. The van der Waals surface area contributed by atoms with Crippen LogP contribution in [0.1, 0.15) is 31.0 Å². The number of aromatic nitrogens is 1. The minimum absolute atomic E-state index is 0.596. The van der Waals surface area contributed by atoms with Crippen LogP contribution in [-0.2, 0) is 7.05 Å². The smallest absolute Gasteiger partial charge is 0.0474 e. The van der Waals surface area contributed by atoms with Crippen LogP contribution >= 0.6 is 0 Å². The predicted octanol–water partition coefficient (Wildman–Crippen LogP) is 1.84. The zero-order valence-corrected chi connectivity index (χ0v) is 7.59. The summed E-state index contributed by atoms with van der Waals surface area (Å²) in [6.07, 6.45) is 6.10. The highest BCUT2D eigenvalue weighted by Crippen LogP contribution is 2.22. The maximum Gasteiger partial charge on any atom is 0.0474 e. The Balaban J connectivity index is 2.13. The molecule has 2 nitrogen and oxygen atoms in total. The first-order valence-corrected chi connectivity index (χ1v) is 4.72. The van der Waals surface area contributed by atoms with E-state index in [0.717, 1.165) is 0 Å². The molecule has 1 fully saturated rings. The normalized spacial score (nSPS) is 24.2. The van der Waals surface area contributed by atoms with Gasteiger partial charge in [-0.25, -0.2) is 0 Å². The molecule has 2 rings (SSSR count). The summed E-state index contributed by atoms with van der Waals surface area (Å²) < 4.78 is 2.21. The second kappa shape index (κ2) is 3.31. The van der Waals surface area contributed by atoms with E-state index in [-0.39, 0.29) is 0 Å². The summed E-state index contributed by atoms with van der Waals surface area (Å²) in [5.41, 5.74) is 1.43. The third-order valence-electron chi connectivity index (χ3n) is 2.65. The lowest BCUT2D eigenvalue weighted by Crippen LogP contribution is -2.28. The van der Waals surface area contributed by atoms with Gasteiger partial charge in [-0.15, -0.1) is 0 Å². The Morgan fingerprint density at radius 2 is 2.42 bits per heavy atom. The van der Waals surface area contributed by atoms with Gasteiger partial charge >= 0.3 is 0 Å². The van der Waals surface area contributed by atoms with Crippen LogP contribution in [0.25, 0.3) is 0 Å². The molecule has 1 aliphatic rings. The maximum absolute atomic E-state index is 3.54. The van der Waals surface area contributed by atoms with Crippen molar-refractivity contribution in [1.82, 2.24) is 9.88 Å². The zero-order chi connectivity index (χ0) is 8.39. The number of piperidine rings is 1. The Morgan fingerprint density at radius 1 is 1.50 bits per heavy atom. The van der Waals surface area contributed by atoms with Gasteiger partial charge in [-0.3, -0.25) is 0 Å². The van der Waals surface area contributed by atoms with Crippen molar-refractivity contribution in [1.29, 1.82) is 0 Å². The Kier molecular flexibility index (Phi) is 2.17. The van der Waals surface area contributed by atoms with Crippen LogP contribution in [0, 0.1) is 0 Å². The molecule has 0 radical (unpaired) electrons. The highest BCUT2D eigenvalue weighted by molar-refractivity contribution is 5.12. The molecule has 2 heteroatoms. The summed E-state index contributed by atoms with van der Waals surface area (Å²) in [4.78, 5) is 0. The molecule has 1 aromatic heterocycles. The lowest BCUT2D eigenvalue weighted by molar-refractivity contribution is 0.398. The lowest BCUT2D eigenvalue weighted by atomic mass is 10.0. The van der Waals surface area contributed by atoms with E-state index in [9.17, 15) is 0 Å². The van der Waals surface area contributed by atoms with E-state index in [1.807, 2.05) is 0 Å². The summed E-state index contributed by atoms with van der Waals surface area (Å²) in [7, 11) is 2.12. The van der Waals surface area contributed by atoms with E-state index < -0.39 is 0 Å². The summed E-state index contributed by atoms with van der Waals surface area (Å²) in [5.74, 6) is 0. The molecule has 2 heterocycles. The van der Waals surface area contributed by atoms with E-state index in [1.165, 1.54) is 31.5 Å². The molecule has 1 aliphatic heterocycles. The molecule has 0 aromatic carbocycles. The number of nitrogens with zero attached hydrogens (tertiary/aromatic N) is 1. The number of hydrogen-bond donors (Lipinski definition) is 1. The molecule has 1 atom stereocenters. The molecule has 0 aliphatic carbocycles. The molecule has 0 bridgehead atoms. The molecular formula is C10H16N2. The highest BCUT2D eigenvalue weighted by atomic mass is 15.0. The van der Waals surface area contributed by atoms with Gasteiger partial charge in [0.25, 0.3) is 0 Å². The second-order valence-electron chi connectivity index (χ2n) is 3.55. The molecule has 0 saturated carbocycles. The first kappa shape index (κ1) is 7.87. The minimum Gasteiger partial charge on any atom is -0.353 e. The number of rotatable bonds is 1. The van der Waals surface area contributed by atoms with Crippen molar-refractivity contribution in [2.24, 2.45) is 7.05 Å². The summed E-state index contributed by atoms with van der Waals surface area (Å²) in [6.45, 7) is 1.18. The van der Waals surface area contributed by atoms with Gasteiger partial charge in [-0.1, -0.05) is 6.42 Å². The number of nitrogens with one attached hydrogen (secondary N) is 1. The Hall–Kier alpha value is -0.760. The molecule has 1 saturated heterocycles. The molecule has 0 spiro atoms. The van der Waals surface area contributed by atoms with Crippen LogP contribution in [0.5, 0.6) is 0 Å². The largest absolute Gasteiger partial charge is 0.353 e. The van der Waals surface area contributed by atoms with Crippen LogP contribution in [0.4, 0.5) is 0 Å². The minimum atomic E-state index is 0.596. The fourth-order valence-electron chi connectivity index (χ4n) is 1.94. The van der Waals surface area contributed by atoms with Crippen molar-refractivity contribution in [2.45, 2.75) is 25.3 Å². The first-order valence-electron chi connectivity index (χ1n) is 4.72. The average Bonchev–Trinajstić information content (AvgIpc) is 2.53. The van der Waals surface area contributed by atoms with Gasteiger partial charge in [0.2, 0.25) is 0 Å². The van der Waals surface area contributed by atoms with Gasteiger partial charge in [0.1, 0.15) is 0 Å². The van der Waals surface area contributed by atoms with Gasteiger partial charge in [-0.2, -0.15) is 0 Å². The van der Waals surface area contributed by atoms with E-state index in [4.69, 9.17) is 0 Å². The molecular weight excluding hydrogens is 148 g/mol. The molecule has 1 aromatic rings. The van der Waals surface area contributed by atoms with E-state index >= 15 is 0 Å². The average molecular weight is 164 g/mol. The van der Waals surface area contributed by atoms with Crippen LogP contribution in [0.2, 0.25) is 0 Å². The van der Waals surface area contributed by atoms with Crippen LogP contribution in [0.15, 0.2) is 18.3 Å². The van der Waals surface area contributed by atoms with Crippen molar-refractivity contribution in [3.8, 4) is 0 Å². The predicted molar refractivity (Wildman–Crippen MR) is 50.0 cm³/mol. The standard InChI is InChI=1S/C10H16N2/c1-12-8-4-6-10(12)9-5-2-3-7-11-9/h4,6,8-9,11H,2-3,5,7H2,1H3. The van der Waals surface area contributed by atoms with E-state index in [2.05, 4.69) is 35.3 Å². The maximum atomic E-state index is 3.54. The highest BCUT2D eigenvalue weighted by Gasteiger charge is 2.15. The second-order valence-corrected chi connectivity index (χ2v) is 3.55. The Labute approximate surface area is 73.6 Å². The molecule has 0 amide bonds. The molecule has 66 valence electrons. The number of aryl methyl sites for hydroxylation is 1. The van der Waals surface area contributed by atoms with Crippen molar-refractivity contribution in [2.75, 3.05) is 6.54 Å². The van der Waals surface area contributed by atoms with Gasteiger partial charge in [0.05, 0.1) is 0 Å². The summed E-state index contributed by atoms with van der Waals surface area (Å²) >= 11 is 0. The van der Waals surface area contributed by atoms with Gasteiger partial charge in [-0.05, 0) is 31.5 Å². The molecule has 1 N–H and O–H groups in total. The van der Waals surface area contributed by atoms with Crippen molar-refractivity contribution < 1.29 is 0 Å². The monoisotopic (exact) mass is 164 g/mol. The quantitative estimate of drug-likeness (QED) is 0.670. The van der Waals surface area contributed by atoms with Gasteiger partial charge in [0, 0.05) is 25.0 Å². The van der Waals surface area contributed by atoms with Crippen molar-refractivity contribution in [3.05, 3.63) is 24.0 Å². The van der Waals surface area contributed by atoms with Crippen LogP contribution in [0.3, 0.4) is 0 Å². The van der Waals surface area contributed by atoms with Crippen molar-refractivity contribution >= 4 is 0 Å². The first-order chi connectivity index (χ1) is 5.88. The van der Waals surface area contributed by atoms with Gasteiger partial charge < -0.3 is 9.88 Å². The molecule has 1 unspecified atom stereocenters. The SMILES string of the molecule is Cn1cccc1C1CCCCN1. The Bertz CT molecular complexity index is 246. The lowest BCUT2D eigenvalue weighted by Gasteiger charge is -2.23. The Morgan fingerprint density at radius 3 is 3.00 bits per heavy atom. The fraction of sp³-hybridized carbons (Fsp3) is 0.600.